The number of para-hydroxylation sites is 1. The van der Waals surface area contributed by atoms with Gasteiger partial charge in [0.2, 0.25) is 5.91 Å². The number of nitrogens with zero attached hydrogens (tertiary/aromatic N) is 3. The van der Waals surface area contributed by atoms with Crippen LogP contribution in [0, 0.1) is 22.7 Å². The summed E-state index contributed by atoms with van der Waals surface area (Å²) < 4.78 is 43.9. The van der Waals surface area contributed by atoms with Gasteiger partial charge in [-0.2, -0.15) is 0 Å². The Labute approximate surface area is 375 Å². The van der Waals surface area contributed by atoms with E-state index in [1.165, 1.54) is 12.5 Å². The number of halogens is 1. The SMILES string of the molecule is COc1ccccc1C(=O)OC[C@@](NC(=O)C(NC(=O)N1CCN(CCF)C(=O)C1=O)c1csc(NC(=O)OCc2ccccc2)n1)(B1OC2C[C@@H]3C[C@@H](C3(C)C)[C@]2(C)O1)C(C)(C)C. The fourth-order valence-electron chi connectivity index (χ4n) is 9.34. The van der Waals surface area contributed by atoms with Crippen LogP contribution < -0.4 is 20.7 Å². The largest absolute Gasteiger partial charge is 0.496 e. The number of carbonyl (C=O) groups excluding carboxylic acids is 6. The lowest BCUT2D eigenvalue weighted by molar-refractivity contribution is -0.199. The van der Waals surface area contributed by atoms with Crippen molar-refractivity contribution in [3.63, 3.8) is 0 Å². The number of methoxy groups -OCH3 is 1. The second kappa shape index (κ2) is 18.1. The second-order valence-corrected chi connectivity index (χ2v) is 19.2. The normalized spacial score (nSPS) is 23.8. The van der Waals surface area contributed by atoms with Crippen molar-refractivity contribution >= 4 is 59.4 Å². The third-order valence-electron chi connectivity index (χ3n) is 13.5. The van der Waals surface area contributed by atoms with E-state index in [4.69, 9.17) is 23.5 Å². The molecule has 3 N–H and O–H groups in total. The van der Waals surface area contributed by atoms with Gasteiger partial charge in [-0.3, -0.25) is 24.6 Å². The molecule has 6 amide bonds. The molecule has 2 bridgehead atoms. The molecule has 3 aliphatic carbocycles. The van der Waals surface area contributed by atoms with Crippen LogP contribution in [0.1, 0.15) is 82.0 Å². The highest BCUT2D eigenvalue weighted by Gasteiger charge is 2.72. The van der Waals surface area contributed by atoms with Crippen molar-refractivity contribution in [2.75, 3.05) is 45.3 Å². The summed E-state index contributed by atoms with van der Waals surface area (Å²) >= 11 is 0.935. The van der Waals surface area contributed by atoms with Crippen molar-refractivity contribution in [2.45, 2.75) is 84.2 Å². The molecule has 6 atom stereocenters. The zero-order valence-electron chi connectivity index (χ0n) is 36.9. The lowest BCUT2D eigenvalue weighted by Gasteiger charge is -2.64. The minimum Gasteiger partial charge on any atom is -0.496 e. The van der Waals surface area contributed by atoms with Crippen LogP contribution in [0.2, 0.25) is 0 Å². The Morgan fingerprint density at radius 2 is 1.72 bits per heavy atom. The van der Waals surface area contributed by atoms with Gasteiger partial charge in [0.05, 0.1) is 24.5 Å². The van der Waals surface area contributed by atoms with Crippen LogP contribution in [-0.4, -0.2) is 115 Å². The minimum absolute atomic E-state index is 0.0140. The third-order valence-corrected chi connectivity index (χ3v) is 14.2. The number of piperazine rings is 1. The number of aromatic nitrogens is 1. The zero-order valence-corrected chi connectivity index (χ0v) is 37.8. The van der Waals surface area contributed by atoms with Crippen LogP contribution in [-0.2, 0) is 39.8 Å². The van der Waals surface area contributed by atoms with E-state index < -0.39 is 78.7 Å². The number of anilines is 1. The molecule has 8 rings (SSSR count). The molecule has 64 heavy (non-hydrogen) atoms. The van der Waals surface area contributed by atoms with E-state index in [9.17, 15) is 28.4 Å². The number of hydrogen-bond acceptors (Lipinski definition) is 13. The van der Waals surface area contributed by atoms with Crippen molar-refractivity contribution in [2.24, 2.45) is 22.7 Å². The number of amides is 6. The van der Waals surface area contributed by atoms with Crippen LogP contribution >= 0.6 is 11.3 Å². The van der Waals surface area contributed by atoms with Crippen molar-refractivity contribution in [3.05, 3.63) is 76.8 Å². The average molecular weight is 905 g/mol. The van der Waals surface area contributed by atoms with E-state index in [0.29, 0.717) is 17.2 Å². The predicted octanol–water partition coefficient (Wildman–Crippen LogP) is 5.32. The molecular formula is C44H54BFN6O11S. The van der Waals surface area contributed by atoms with E-state index in [1.807, 2.05) is 33.8 Å². The first-order chi connectivity index (χ1) is 30.3. The first-order valence-corrected chi connectivity index (χ1v) is 22.1. The van der Waals surface area contributed by atoms with Crippen molar-refractivity contribution in [1.29, 1.82) is 0 Å². The predicted molar refractivity (Wildman–Crippen MR) is 232 cm³/mol. The highest BCUT2D eigenvalue weighted by atomic mass is 32.1. The number of urea groups is 1. The van der Waals surface area contributed by atoms with Gasteiger partial charge in [-0.1, -0.05) is 77.1 Å². The van der Waals surface area contributed by atoms with Crippen LogP contribution in [0.25, 0.3) is 0 Å². The molecule has 1 aromatic heterocycles. The molecule has 2 unspecified atom stereocenters. The molecule has 3 aromatic rings. The number of alkyl halides is 1. The van der Waals surface area contributed by atoms with E-state index in [2.05, 4.69) is 34.8 Å². The minimum atomic E-state index is -1.69. The molecule has 2 aromatic carbocycles. The number of hydrogen-bond donors (Lipinski definition) is 3. The van der Waals surface area contributed by atoms with Gasteiger partial charge >= 0.3 is 37.0 Å². The number of thiazole rings is 1. The molecule has 2 saturated heterocycles. The number of imide groups is 1. The Morgan fingerprint density at radius 3 is 2.41 bits per heavy atom. The Kier molecular flexibility index (Phi) is 13.1. The Bertz CT molecular complexity index is 2280. The summed E-state index contributed by atoms with van der Waals surface area (Å²) in [6.07, 6.45) is 0.449. The monoisotopic (exact) mass is 904 g/mol. The first-order valence-electron chi connectivity index (χ1n) is 21.2. The highest BCUT2D eigenvalue weighted by molar-refractivity contribution is 7.13. The van der Waals surface area contributed by atoms with Gasteiger partial charge in [0, 0.05) is 25.0 Å². The molecule has 20 heteroatoms. The first kappa shape index (κ1) is 46.4. The maximum absolute atomic E-state index is 15.2. The fourth-order valence-corrected chi connectivity index (χ4v) is 10.1. The van der Waals surface area contributed by atoms with Crippen molar-refractivity contribution in [3.8, 4) is 5.75 Å². The van der Waals surface area contributed by atoms with Crippen LogP contribution in [0.5, 0.6) is 5.75 Å². The number of ether oxygens (including phenoxy) is 3. The summed E-state index contributed by atoms with van der Waals surface area (Å²) in [5, 5.41) is 9.64. The molecule has 3 heterocycles. The van der Waals surface area contributed by atoms with Crippen LogP contribution in [0.3, 0.4) is 0 Å². The lowest BCUT2D eigenvalue weighted by atomic mass is 9.43. The van der Waals surface area contributed by atoms with Gasteiger partial charge in [-0.05, 0) is 60.1 Å². The Balaban J connectivity index is 1.22. The maximum atomic E-state index is 15.2. The third kappa shape index (κ3) is 8.78. The number of rotatable bonds is 14. The lowest BCUT2D eigenvalue weighted by Crippen LogP contribution is -2.71. The Morgan fingerprint density at radius 1 is 1.00 bits per heavy atom. The van der Waals surface area contributed by atoms with Crippen LogP contribution in [0.15, 0.2) is 60.0 Å². The van der Waals surface area contributed by atoms with Gasteiger partial charge in [0.25, 0.3) is 0 Å². The molecule has 3 saturated carbocycles. The van der Waals surface area contributed by atoms with Gasteiger partial charge < -0.3 is 39.1 Å². The molecule has 5 fully saturated rings. The summed E-state index contributed by atoms with van der Waals surface area (Å²) in [5.41, 5.74) is -2.68. The van der Waals surface area contributed by atoms with Crippen molar-refractivity contribution < 1.29 is 56.7 Å². The standard InChI is InChI=1S/C44H54BFN6O11S/c1-41(2,3)44(25-61-37(56)28-15-11-12-16-30(28)59-7,45-62-32-22-27-21-31(42(27,4)5)43(32,6)63-45)50-34(53)33(48-39(57)52-20-19-51(18-17-46)35(54)36(52)55)29-24-64-38(47-29)49-40(58)60-23-26-13-9-8-10-14-26/h8-16,24,27,31-33H,17-23,25H2,1-7H3,(H,48,57)(H,50,53)(H,47,49,58)/t27-,31-,32?,33?,43-,44-/m0/s1. The van der Waals surface area contributed by atoms with E-state index in [0.717, 1.165) is 28.2 Å². The summed E-state index contributed by atoms with van der Waals surface area (Å²) in [7, 11) is 0.231. The van der Waals surface area contributed by atoms with Gasteiger partial charge in [0.1, 0.15) is 36.6 Å². The molecule has 5 aliphatic rings. The quantitative estimate of drug-likeness (QED) is 0.107. The second-order valence-electron chi connectivity index (χ2n) is 18.4. The van der Waals surface area contributed by atoms with Gasteiger partial charge in [-0.25, -0.2) is 23.8 Å². The van der Waals surface area contributed by atoms with E-state index >= 15 is 4.79 Å². The Hall–Kier alpha value is -5.60. The molecule has 17 nitrogen and oxygen atoms in total. The van der Waals surface area contributed by atoms with Gasteiger partial charge in [-0.15, -0.1) is 11.3 Å². The smallest absolute Gasteiger partial charge is 0.489 e. The number of nitrogens with one attached hydrogen (secondary N) is 3. The van der Waals surface area contributed by atoms with Crippen molar-refractivity contribution in [1.82, 2.24) is 25.4 Å². The zero-order chi connectivity index (χ0) is 46.2. The highest BCUT2D eigenvalue weighted by Crippen LogP contribution is 2.66. The van der Waals surface area contributed by atoms with Crippen LogP contribution in [0.4, 0.5) is 19.1 Å². The maximum Gasteiger partial charge on any atom is 0.489 e. The average Bonchev–Trinajstić information content (AvgIpc) is 3.88. The molecule has 0 spiro atoms. The van der Waals surface area contributed by atoms with E-state index in [-0.39, 0.29) is 65.8 Å². The number of carbonyl (C=O) groups is 6. The van der Waals surface area contributed by atoms with Gasteiger partial charge in [0.15, 0.2) is 11.2 Å². The summed E-state index contributed by atoms with van der Waals surface area (Å²) in [6, 6.07) is 12.7. The molecule has 0 radical (unpaired) electrons. The topological polar surface area (TPSA) is 204 Å². The fraction of sp³-hybridized carbons (Fsp3) is 0.523. The summed E-state index contributed by atoms with van der Waals surface area (Å²) in [4.78, 5) is 88.0. The van der Waals surface area contributed by atoms with E-state index in [1.54, 1.807) is 48.5 Å². The summed E-state index contributed by atoms with van der Waals surface area (Å²) in [5.74, 6) is -3.15. The molecule has 2 aliphatic heterocycles. The molecular weight excluding hydrogens is 850 g/mol. The number of benzene rings is 2. The molecule has 342 valence electrons. The summed E-state index contributed by atoms with van der Waals surface area (Å²) in [6.45, 7) is 9.78. The number of esters is 1.